The topological polar surface area (TPSA) is 326 Å². The number of amidine groups is 1. The van der Waals surface area contributed by atoms with E-state index in [1.54, 1.807) is 93.4 Å². The highest BCUT2D eigenvalue weighted by Gasteiger charge is 2.54. The fourth-order valence-electron chi connectivity index (χ4n) is 20.0. The monoisotopic (exact) mass is 1890 g/mol. The third-order valence-electron chi connectivity index (χ3n) is 27.1. The molecule has 6 aromatic heterocycles. The van der Waals surface area contributed by atoms with Crippen LogP contribution in [-0.4, -0.2) is 215 Å². The van der Waals surface area contributed by atoms with Crippen molar-refractivity contribution < 1.29 is 32.8 Å². The van der Waals surface area contributed by atoms with E-state index >= 15 is 0 Å². The highest BCUT2D eigenvalue weighted by Crippen LogP contribution is 2.47. The van der Waals surface area contributed by atoms with E-state index in [4.69, 9.17) is 40.3 Å². The largest absolute Gasteiger partial charge is 0.356 e. The molecule has 32 nitrogen and oxygen atoms in total. The van der Waals surface area contributed by atoms with Gasteiger partial charge in [0.05, 0.1) is 91.1 Å². The maximum atomic E-state index is 13.7. The minimum absolute atomic E-state index is 0.00290. The second-order valence-corrected chi connectivity index (χ2v) is 38.3. The number of pyridine rings is 2. The number of rotatable bonds is 19. The van der Waals surface area contributed by atoms with Gasteiger partial charge in [-0.15, -0.1) is 0 Å². The van der Waals surface area contributed by atoms with Crippen LogP contribution in [-0.2, 0) is 30.8 Å². The third kappa shape index (κ3) is 17.6. The number of halogens is 2. The number of fused-ring (bicyclic) bond motifs is 16. The van der Waals surface area contributed by atoms with E-state index in [0.29, 0.717) is 131 Å². The molecule has 5 atom stereocenters. The first-order chi connectivity index (χ1) is 68.1. The quantitative estimate of drug-likeness (QED) is 0.0431. The minimum Gasteiger partial charge on any atom is -0.356 e. The summed E-state index contributed by atoms with van der Waals surface area (Å²) in [6, 6.07) is 68.9. The number of para-hydroxylation sites is 2. The average molecular weight is 1890 g/mol. The molecule has 1 saturated heterocycles. The number of anilines is 10. The average Bonchev–Trinajstić information content (AvgIpc) is 1.58. The molecule has 712 valence electrons. The predicted octanol–water partition coefficient (Wildman–Crippen LogP) is 16.7. The standard InChI is InChI=1S/C30H27FN6O.C29H27N7O.C25H25FN6O2.C23H26N8O/c1-36-29(38)26-27(32-20-7-3-2-4-8-20)23(34-28(26)37-24-11-5-10-22(24)35-30(36)37)17-18-13-15-19(16-14-18)21-9-6-12-25(31)33-21;1-34-28(37)25-26(31-21-8-3-2-4-9-21)35(33-27(25)36-24-12-7-11-23(24)32-29(34)36)18-19-13-15-20(16-14-19)22-10-5-6-17-30-22;1-15(33)17-7-5-16(6-8-17)13-32-21(27-19-11-9-18(26)10-12-19)20-22(29-32)31-14-25(2,3)28-24(31)30(4)23(20)34;1-14-6-8-17(9-7-14)26-19-18-20(28-31(19)12-16-10-24-15(2)25-11-16)30-13-23(3,4)27-22(30)29(5)21(18)32/h2-4,6-9,12-16,22-24,32H,5,10-11,17H2,1H3;2-6,8-10,13-17,23-24,31H,7,11-12,18H2,1H3;5-12,27H,13-14H2,1-4H3;6-11,26H,12-13H2,1-5H3/t22-,23?,24+;23-,24+;;/m11../s1. The van der Waals surface area contributed by atoms with E-state index in [0.717, 1.165) is 118 Å². The van der Waals surface area contributed by atoms with Gasteiger partial charge in [0.2, 0.25) is 29.8 Å². The smallest absolute Gasteiger partial charge is 0.267 e. The summed E-state index contributed by atoms with van der Waals surface area (Å²) in [6.07, 6.45) is 12.5. The lowest BCUT2D eigenvalue weighted by molar-refractivity contribution is -0.122. The second kappa shape index (κ2) is 36.7. The van der Waals surface area contributed by atoms with Crippen LogP contribution in [0.3, 0.4) is 0 Å². The Kier molecular flexibility index (Phi) is 23.7. The summed E-state index contributed by atoms with van der Waals surface area (Å²) in [5.41, 5.74) is 14.9. The Labute approximate surface area is 813 Å². The number of aryl methyl sites for hydroxylation is 2. The van der Waals surface area contributed by atoms with Gasteiger partial charge in [0.1, 0.15) is 57.2 Å². The molecule has 141 heavy (non-hydrogen) atoms. The molecule has 0 bridgehead atoms. The predicted molar refractivity (Wildman–Crippen MR) is 541 cm³/mol. The Morgan fingerprint density at radius 1 is 0.433 bits per heavy atom. The van der Waals surface area contributed by atoms with Gasteiger partial charge in [0.15, 0.2) is 23.2 Å². The van der Waals surface area contributed by atoms with E-state index in [2.05, 4.69) is 89.1 Å². The van der Waals surface area contributed by atoms with Crippen molar-refractivity contribution in [3.05, 3.63) is 316 Å². The first-order valence-electron chi connectivity index (χ1n) is 47.4. The van der Waals surface area contributed by atoms with Crippen molar-refractivity contribution in [3.8, 4) is 22.5 Å². The Morgan fingerprint density at radius 3 is 1.40 bits per heavy atom. The van der Waals surface area contributed by atoms with Gasteiger partial charge < -0.3 is 21.3 Å². The van der Waals surface area contributed by atoms with Crippen LogP contribution in [0.25, 0.3) is 22.5 Å². The summed E-state index contributed by atoms with van der Waals surface area (Å²) in [7, 11) is 7.10. The maximum Gasteiger partial charge on any atom is 0.267 e. The van der Waals surface area contributed by atoms with Crippen LogP contribution in [0.1, 0.15) is 148 Å². The molecule has 1 unspecified atom stereocenters. The minimum atomic E-state index is -0.497. The van der Waals surface area contributed by atoms with E-state index in [9.17, 15) is 32.8 Å². The van der Waals surface area contributed by atoms with Crippen LogP contribution in [0.2, 0.25) is 0 Å². The molecule has 7 aromatic carbocycles. The number of nitrogens with zero attached hydrogens (tertiary/aromatic N) is 23. The Bertz CT molecular complexity index is 7280. The molecule has 11 aliphatic rings. The summed E-state index contributed by atoms with van der Waals surface area (Å²) in [5.74, 6) is 6.49. The molecule has 4 amide bonds. The molecule has 3 fully saturated rings. The third-order valence-corrected chi connectivity index (χ3v) is 27.1. The number of likely N-dealkylation sites (N-methyl/N-ethyl adjacent to an activating group) is 1. The van der Waals surface area contributed by atoms with Gasteiger partial charge in [-0.2, -0.15) is 19.7 Å². The Morgan fingerprint density at radius 2 is 0.879 bits per heavy atom. The zero-order valence-corrected chi connectivity index (χ0v) is 80.0. The number of ketones is 1. The number of hydrogen-bond donors (Lipinski definition) is 4. The summed E-state index contributed by atoms with van der Waals surface area (Å²) >= 11 is 0. The van der Waals surface area contributed by atoms with Crippen LogP contribution in [0.5, 0.6) is 0 Å². The van der Waals surface area contributed by atoms with Gasteiger partial charge in [-0.25, -0.2) is 53.4 Å². The molecular formula is C107H105F2N27O5. The fraction of sp³-hybridized carbons (Fsp3) is 0.280. The first-order valence-corrected chi connectivity index (χ1v) is 47.4. The lowest BCUT2D eigenvalue weighted by atomic mass is 9.99. The van der Waals surface area contributed by atoms with Crippen molar-refractivity contribution in [2.75, 3.05) is 77.2 Å². The number of guanidine groups is 4. The van der Waals surface area contributed by atoms with Crippen molar-refractivity contribution in [1.29, 1.82) is 0 Å². The van der Waals surface area contributed by atoms with Gasteiger partial charge in [0.25, 0.3) is 23.6 Å². The number of benzene rings is 7. The van der Waals surface area contributed by atoms with Crippen LogP contribution in [0, 0.1) is 25.6 Å². The highest BCUT2D eigenvalue weighted by atomic mass is 19.1. The summed E-state index contributed by atoms with van der Waals surface area (Å²) in [6.45, 7) is 16.1. The molecule has 2 saturated carbocycles. The molecule has 0 spiro atoms. The zero-order valence-electron chi connectivity index (χ0n) is 80.0. The van der Waals surface area contributed by atoms with E-state index in [1.165, 1.54) is 30.7 Å². The Balaban J connectivity index is 0.000000112. The number of nitrogens with one attached hydrogen (secondary N) is 4. The molecule has 34 heteroatoms. The van der Waals surface area contributed by atoms with E-state index in [1.807, 2.05) is 200 Å². The number of carbonyl (C=O) groups is 5. The molecule has 13 aromatic rings. The van der Waals surface area contributed by atoms with Crippen LogP contribution < -0.4 is 36.0 Å². The van der Waals surface area contributed by atoms with Gasteiger partial charge >= 0.3 is 0 Å². The number of hydrogen-bond acceptors (Lipinski definition) is 25. The molecule has 15 heterocycles. The highest BCUT2D eigenvalue weighted by molar-refractivity contribution is 6.33. The second-order valence-electron chi connectivity index (χ2n) is 38.3. The number of carbonyl (C=O) groups excluding carboxylic acids is 5. The normalized spacial score (nSPS) is 19.3. The van der Waals surface area contributed by atoms with E-state index < -0.39 is 5.95 Å². The fourth-order valence-corrected chi connectivity index (χ4v) is 20.0. The molecule has 9 aliphatic heterocycles. The van der Waals surface area contributed by atoms with Gasteiger partial charge in [0, 0.05) is 98.2 Å². The molecule has 0 radical (unpaired) electrons. The molecular weight excluding hydrogens is 1780 g/mol. The van der Waals surface area contributed by atoms with Crippen molar-refractivity contribution in [2.24, 2.45) is 25.0 Å². The summed E-state index contributed by atoms with van der Waals surface area (Å²) in [4.78, 5) is 122. The van der Waals surface area contributed by atoms with Crippen molar-refractivity contribution >= 4 is 117 Å². The Hall–Kier alpha value is -16.6. The number of aromatic nitrogens is 10. The number of amides is 4. The SMILES string of the molecule is CC(=O)c1ccc(Cn2nc3c(c2Nc2ccc(F)cc2)C(=O)N(C)C2=NC(C)(C)CN23)cc1.CN1C(=O)C2=C(Nc3ccccc3)C(Cc3ccc(-c4cccc(F)n4)cc3)N=C2N2C1=N[C@@H]1CCC[C@@H]12.CN1C(=O)c2c(nn(Cc3ccc(-c4ccccn4)cc3)c2Nc2ccccc2)N2C1=N[C@@H]1CCC[C@@H]12.Cc1ccc(Nc2c3c(nn2Cc2cnc(C)nc2)N2CC(C)(C)N=C2N(C)C3=O)cc1. The molecule has 24 rings (SSSR count). The van der Waals surface area contributed by atoms with Gasteiger partial charge in [-0.3, -0.25) is 73.1 Å². The van der Waals surface area contributed by atoms with Gasteiger partial charge in [-0.05, 0) is 189 Å². The maximum absolute atomic E-state index is 13.7. The summed E-state index contributed by atoms with van der Waals surface area (Å²) < 4.78 is 32.6. The van der Waals surface area contributed by atoms with Crippen molar-refractivity contribution in [2.45, 2.75) is 154 Å². The van der Waals surface area contributed by atoms with Crippen LogP contribution in [0.4, 0.5) is 66.4 Å². The number of aliphatic imine (C=N–C) groups is 5. The van der Waals surface area contributed by atoms with Crippen LogP contribution in [0.15, 0.2) is 273 Å². The summed E-state index contributed by atoms with van der Waals surface area (Å²) in [5, 5.41) is 28.5. The van der Waals surface area contributed by atoms with Crippen molar-refractivity contribution in [1.82, 2.24) is 73.8 Å². The lowest BCUT2D eigenvalue weighted by Gasteiger charge is -2.36. The van der Waals surface area contributed by atoms with Crippen molar-refractivity contribution in [3.63, 3.8) is 0 Å². The molecule has 4 N–H and O–H groups in total. The van der Waals surface area contributed by atoms with Gasteiger partial charge in [-0.1, -0.05) is 139 Å². The molecule has 2 aliphatic carbocycles. The first kappa shape index (κ1) is 90.9. The zero-order chi connectivity index (χ0) is 97.6. The van der Waals surface area contributed by atoms with E-state index in [-0.39, 0.29) is 76.5 Å². The lowest BCUT2D eigenvalue weighted by Crippen LogP contribution is -2.56. The van der Waals surface area contributed by atoms with Crippen LogP contribution >= 0.6 is 0 Å². The number of Topliss-reactive ketones (excluding diaryl/α,β-unsaturated/α-hetero) is 1.